The van der Waals surface area contributed by atoms with E-state index in [9.17, 15) is 4.79 Å². The van der Waals surface area contributed by atoms with Gasteiger partial charge in [0.25, 0.3) is 0 Å². The topological polar surface area (TPSA) is 60.0 Å². The molecule has 6 nitrogen and oxygen atoms in total. The lowest BCUT2D eigenvalue weighted by Gasteiger charge is -2.24. The zero-order valence-electron chi connectivity index (χ0n) is 15.7. The summed E-state index contributed by atoms with van der Waals surface area (Å²) >= 11 is 0. The number of nitrogens with zero attached hydrogens (tertiary/aromatic N) is 1. The van der Waals surface area contributed by atoms with E-state index in [1.54, 1.807) is 4.90 Å². The van der Waals surface area contributed by atoms with Crippen molar-refractivity contribution < 1.29 is 19.0 Å². The Morgan fingerprint density at radius 3 is 2.68 bits per heavy atom. The van der Waals surface area contributed by atoms with Crippen LogP contribution in [0.5, 0.6) is 0 Å². The van der Waals surface area contributed by atoms with Gasteiger partial charge in [-0.3, -0.25) is 4.90 Å². The molecule has 1 saturated heterocycles. The van der Waals surface area contributed by atoms with E-state index >= 15 is 0 Å². The first-order chi connectivity index (χ1) is 11.6. The minimum absolute atomic E-state index is 0.0431. The summed E-state index contributed by atoms with van der Waals surface area (Å²) in [5.41, 5.74) is 2.87. The Hall–Kier alpha value is -1.79. The van der Waals surface area contributed by atoms with Crippen molar-refractivity contribution in [3.8, 4) is 0 Å². The Kier molecular flexibility index (Phi) is 4.68. The molecular formula is C19H28N2O4. The van der Waals surface area contributed by atoms with Crippen molar-refractivity contribution in [2.45, 2.75) is 65.2 Å². The molecule has 6 heteroatoms. The standard InChI is InChI=1S/C19H28N2O4/c1-18(2,3)25-17(22)21-10-13-6-7-15(8-14(13)11-21)20-9-16-12-23-19(4,5)24-16/h6-8,16,20H,9-12H2,1-5H3. The Morgan fingerprint density at radius 1 is 1.32 bits per heavy atom. The average molecular weight is 348 g/mol. The average Bonchev–Trinajstić information content (AvgIpc) is 3.05. The number of ether oxygens (including phenoxy) is 3. The predicted octanol–water partition coefficient (Wildman–Crippen LogP) is 3.50. The fourth-order valence-electron chi connectivity index (χ4n) is 3.06. The first-order valence-corrected chi connectivity index (χ1v) is 8.77. The number of carbonyl (C=O) groups excluding carboxylic acids is 1. The van der Waals surface area contributed by atoms with Crippen molar-refractivity contribution in [1.29, 1.82) is 0 Å². The molecule has 3 rings (SSSR count). The van der Waals surface area contributed by atoms with Crippen molar-refractivity contribution in [2.24, 2.45) is 0 Å². The molecule has 2 aliphatic rings. The third kappa shape index (κ3) is 4.64. The molecule has 1 unspecified atom stereocenters. The lowest BCUT2D eigenvalue weighted by molar-refractivity contribution is -0.136. The predicted molar refractivity (Wildman–Crippen MR) is 95.3 cm³/mol. The molecule has 1 aromatic rings. The summed E-state index contributed by atoms with van der Waals surface area (Å²) in [7, 11) is 0. The van der Waals surface area contributed by atoms with E-state index in [0.29, 0.717) is 26.2 Å². The number of rotatable bonds is 3. The van der Waals surface area contributed by atoms with Crippen LogP contribution >= 0.6 is 0 Å². The van der Waals surface area contributed by atoms with E-state index in [1.165, 1.54) is 0 Å². The smallest absolute Gasteiger partial charge is 0.410 e. The zero-order valence-corrected chi connectivity index (χ0v) is 15.7. The van der Waals surface area contributed by atoms with Crippen molar-refractivity contribution in [1.82, 2.24) is 4.90 Å². The Morgan fingerprint density at radius 2 is 2.04 bits per heavy atom. The second-order valence-corrected chi connectivity index (χ2v) is 8.15. The fraction of sp³-hybridized carbons (Fsp3) is 0.632. The first kappa shape index (κ1) is 18.0. The van der Waals surface area contributed by atoms with Crippen LogP contribution in [-0.2, 0) is 27.3 Å². The molecule has 0 radical (unpaired) electrons. The first-order valence-electron chi connectivity index (χ1n) is 8.77. The Balaban J connectivity index is 1.56. The number of fused-ring (bicyclic) bond motifs is 1. The molecule has 138 valence electrons. The molecule has 0 aliphatic carbocycles. The maximum atomic E-state index is 12.2. The number of hydrogen-bond acceptors (Lipinski definition) is 5. The number of nitrogens with one attached hydrogen (secondary N) is 1. The number of amides is 1. The van der Waals surface area contributed by atoms with Crippen LogP contribution in [0.4, 0.5) is 10.5 Å². The zero-order chi connectivity index (χ0) is 18.2. The highest BCUT2D eigenvalue weighted by molar-refractivity contribution is 5.69. The SMILES string of the molecule is CC(C)(C)OC(=O)N1Cc2ccc(NCC3COC(C)(C)O3)cc2C1. The van der Waals surface area contributed by atoms with Crippen LogP contribution in [0.25, 0.3) is 0 Å². The van der Waals surface area contributed by atoms with Crippen molar-refractivity contribution >= 4 is 11.8 Å². The van der Waals surface area contributed by atoms with Gasteiger partial charge in [-0.1, -0.05) is 6.07 Å². The van der Waals surface area contributed by atoms with Gasteiger partial charge >= 0.3 is 6.09 Å². The molecule has 0 saturated carbocycles. The van der Waals surface area contributed by atoms with Crippen molar-refractivity contribution in [3.05, 3.63) is 29.3 Å². The molecule has 1 N–H and O–H groups in total. The summed E-state index contributed by atoms with van der Waals surface area (Å²) in [6.07, 6.45) is -0.224. The van der Waals surface area contributed by atoms with Crippen LogP contribution in [0.3, 0.4) is 0 Å². The third-order valence-corrected chi connectivity index (χ3v) is 4.18. The quantitative estimate of drug-likeness (QED) is 0.906. The van der Waals surface area contributed by atoms with Gasteiger partial charge in [0.05, 0.1) is 6.61 Å². The van der Waals surface area contributed by atoms with Crippen molar-refractivity contribution in [3.63, 3.8) is 0 Å². The van der Waals surface area contributed by atoms with Crippen LogP contribution in [-0.4, -0.2) is 41.6 Å². The van der Waals surface area contributed by atoms with E-state index < -0.39 is 11.4 Å². The van der Waals surface area contributed by atoms with Gasteiger partial charge in [0.2, 0.25) is 0 Å². The Bertz CT molecular complexity index is 651. The molecular weight excluding hydrogens is 320 g/mol. The molecule has 2 heterocycles. The lowest BCUT2D eigenvalue weighted by Crippen LogP contribution is -2.33. The van der Waals surface area contributed by atoms with Gasteiger partial charge in [-0.25, -0.2) is 4.79 Å². The van der Waals surface area contributed by atoms with Crippen LogP contribution in [0, 0.1) is 0 Å². The number of benzene rings is 1. The molecule has 1 amide bonds. The summed E-state index contributed by atoms with van der Waals surface area (Å²) in [4.78, 5) is 14.0. The molecule has 25 heavy (non-hydrogen) atoms. The largest absolute Gasteiger partial charge is 0.444 e. The highest BCUT2D eigenvalue weighted by Gasteiger charge is 2.32. The van der Waals surface area contributed by atoms with Crippen LogP contribution in [0.15, 0.2) is 18.2 Å². The third-order valence-electron chi connectivity index (χ3n) is 4.18. The monoisotopic (exact) mass is 348 g/mol. The van der Waals surface area contributed by atoms with Crippen LogP contribution in [0.1, 0.15) is 45.7 Å². The fourth-order valence-corrected chi connectivity index (χ4v) is 3.06. The highest BCUT2D eigenvalue weighted by Crippen LogP contribution is 2.28. The Labute approximate surface area is 149 Å². The van der Waals surface area contributed by atoms with Crippen LogP contribution in [0.2, 0.25) is 0 Å². The van der Waals surface area contributed by atoms with E-state index in [4.69, 9.17) is 14.2 Å². The van der Waals surface area contributed by atoms with Gasteiger partial charge in [-0.2, -0.15) is 0 Å². The second-order valence-electron chi connectivity index (χ2n) is 8.15. The van der Waals surface area contributed by atoms with E-state index in [-0.39, 0.29) is 12.2 Å². The molecule has 1 aromatic carbocycles. The minimum atomic E-state index is -0.502. The van der Waals surface area contributed by atoms with Gasteiger partial charge in [-0.05, 0) is 57.9 Å². The summed E-state index contributed by atoms with van der Waals surface area (Å²) < 4.78 is 16.8. The van der Waals surface area contributed by atoms with E-state index in [1.807, 2.05) is 40.7 Å². The van der Waals surface area contributed by atoms with E-state index in [0.717, 1.165) is 16.8 Å². The molecule has 1 fully saturated rings. The van der Waals surface area contributed by atoms with Gasteiger partial charge in [0.15, 0.2) is 5.79 Å². The van der Waals surface area contributed by atoms with Crippen molar-refractivity contribution in [2.75, 3.05) is 18.5 Å². The molecule has 0 spiro atoms. The molecule has 0 bridgehead atoms. The summed E-state index contributed by atoms with van der Waals surface area (Å²) in [5.74, 6) is -0.502. The minimum Gasteiger partial charge on any atom is -0.444 e. The lowest BCUT2D eigenvalue weighted by atomic mass is 10.1. The van der Waals surface area contributed by atoms with Crippen LogP contribution < -0.4 is 5.32 Å². The molecule has 1 atom stereocenters. The van der Waals surface area contributed by atoms with Gasteiger partial charge in [-0.15, -0.1) is 0 Å². The highest BCUT2D eigenvalue weighted by atomic mass is 16.7. The summed E-state index contributed by atoms with van der Waals surface area (Å²) in [6.45, 7) is 12.0. The second kappa shape index (κ2) is 6.50. The number of anilines is 1. The summed E-state index contributed by atoms with van der Waals surface area (Å²) in [6, 6.07) is 6.21. The maximum Gasteiger partial charge on any atom is 0.410 e. The normalized spacial score (nSPS) is 22.0. The number of hydrogen-bond donors (Lipinski definition) is 1. The van der Waals surface area contributed by atoms with Gasteiger partial charge < -0.3 is 19.5 Å². The number of carbonyl (C=O) groups is 1. The van der Waals surface area contributed by atoms with Gasteiger partial charge in [0, 0.05) is 25.3 Å². The maximum absolute atomic E-state index is 12.2. The van der Waals surface area contributed by atoms with E-state index in [2.05, 4.69) is 17.4 Å². The molecule has 2 aliphatic heterocycles. The van der Waals surface area contributed by atoms with Gasteiger partial charge in [0.1, 0.15) is 11.7 Å². The molecule has 0 aromatic heterocycles. The summed E-state index contributed by atoms with van der Waals surface area (Å²) in [5, 5.41) is 3.40.